The van der Waals surface area contributed by atoms with Gasteiger partial charge in [-0.1, -0.05) is 24.9 Å². The molecule has 1 aromatic rings. The van der Waals surface area contributed by atoms with Crippen molar-refractivity contribution in [1.29, 1.82) is 0 Å². The number of piperidine rings is 1. The number of benzene rings is 1. The lowest BCUT2D eigenvalue weighted by Crippen LogP contribution is -2.38. The van der Waals surface area contributed by atoms with Gasteiger partial charge in [0.25, 0.3) is 0 Å². The highest BCUT2D eigenvalue weighted by molar-refractivity contribution is 7.89. The molecule has 2 rings (SSSR count). The van der Waals surface area contributed by atoms with E-state index in [2.05, 4.69) is 6.92 Å². The summed E-state index contributed by atoms with van der Waals surface area (Å²) >= 11 is 6.00. The van der Waals surface area contributed by atoms with E-state index in [1.807, 2.05) is 0 Å². The monoisotopic (exact) mass is 302 g/mol. The van der Waals surface area contributed by atoms with Crippen LogP contribution in [0.2, 0.25) is 5.02 Å². The van der Waals surface area contributed by atoms with Crippen molar-refractivity contribution in [3.63, 3.8) is 0 Å². The second kappa shape index (κ2) is 5.69. The molecule has 1 heterocycles. The second-order valence-electron chi connectivity index (χ2n) is 4.95. The van der Waals surface area contributed by atoms with Crippen LogP contribution in [-0.2, 0) is 10.0 Å². The van der Waals surface area contributed by atoms with Crippen LogP contribution in [0, 0.1) is 5.92 Å². The van der Waals surface area contributed by atoms with E-state index in [4.69, 9.17) is 17.3 Å². The molecule has 0 saturated carbocycles. The van der Waals surface area contributed by atoms with Crippen molar-refractivity contribution < 1.29 is 8.42 Å². The van der Waals surface area contributed by atoms with Crippen molar-refractivity contribution >= 4 is 27.3 Å². The quantitative estimate of drug-likeness (QED) is 0.873. The summed E-state index contributed by atoms with van der Waals surface area (Å²) in [5.41, 5.74) is 6.06. The fourth-order valence-corrected chi connectivity index (χ4v) is 4.42. The van der Waals surface area contributed by atoms with E-state index in [-0.39, 0.29) is 9.92 Å². The Bertz CT molecular complexity index is 552. The summed E-state index contributed by atoms with van der Waals surface area (Å²) in [6.07, 6.45) is 2.95. The first kappa shape index (κ1) is 14.6. The van der Waals surface area contributed by atoms with Crippen LogP contribution in [0.15, 0.2) is 23.1 Å². The van der Waals surface area contributed by atoms with E-state index < -0.39 is 10.0 Å². The zero-order valence-electron chi connectivity index (χ0n) is 11.0. The number of nitrogen functional groups attached to an aromatic ring is 1. The molecule has 19 heavy (non-hydrogen) atoms. The van der Waals surface area contributed by atoms with Gasteiger partial charge in [0.2, 0.25) is 10.0 Å². The Morgan fingerprint density at radius 2 is 2.00 bits per heavy atom. The third kappa shape index (κ3) is 3.04. The molecular formula is C13H19ClN2O2S. The SMILES string of the molecule is CCC1CCN(S(=O)(=O)c2ccc(N)cc2Cl)CC1. The third-order valence-corrected chi connectivity index (χ3v) is 6.11. The predicted octanol–water partition coefficient (Wildman–Crippen LogP) is 2.73. The lowest BCUT2D eigenvalue weighted by Gasteiger charge is -2.30. The normalized spacial score (nSPS) is 18.6. The molecule has 2 N–H and O–H groups in total. The minimum absolute atomic E-state index is 0.151. The zero-order chi connectivity index (χ0) is 14.0. The second-order valence-corrected chi connectivity index (χ2v) is 7.26. The van der Waals surface area contributed by atoms with E-state index in [9.17, 15) is 8.42 Å². The first-order valence-corrected chi connectivity index (χ1v) is 8.32. The Hall–Kier alpha value is -0.780. The van der Waals surface area contributed by atoms with E-state index in [0.29, 0.717) is 24.7 Å². The average Bonchev–Trinajstić information content (AvgIpc) is 2.38. The van der Waals surface area contributed by atoms with Gasteiger partial charge in [-0.05, 0) is 37.0 Å². The summed E-state index contributed by atoms with van der Waals surface area (Å²) in [6.45, 7) is 3.29. The first-order valence-electron chi connectivity index (χ1n) is 6.50. The molecule has 0 spiro atoms. The van der Waals surface area contributed by atoms with E-state index in [1.54, 1.807) is 6.07 Å². The van der Waals surface area contributed by atoms with Crippen molar-refractivity contribution in [3.05, 3.63) is 23.2 Å². The highest BCUT2D eigenvalue weighted by Gasteiger charge is 2.30. The molecule has 1 aliphatic heterocycles. The number of rotatable bonds is 3. The van der Waals surface area contributed by atoms with E-state index >= 15 is 0 Å². The van der Waals surface area contributed by atoms with Gasteiger partial charge >= 0.3 is 0 Å². The minimum Gasteiger partial charge on any atom is -0.399 e. The molecule has 0 radical (unpaired) electrons. The number of hydrogen-bond donors (Lipinski definition) is 1. The maximum Gasteiger partial charge on any atom is 0.244 e. The summed E-state index contributed by atoms with van der Waals surface area (Å²) in [5, 5.41) is 0.192. The molecule has 0 atom stereocenters. The summed E-state index contributed by atoms with van der Waals surface area (Å²) in [7, 11) is -3.50. The summed E-state index contributed by atoms with van der Waals surface area (Å²) in [5.74, 6) is 0.633. The van der Waals surface area contributed by atoms with Crippen molar-refractivity contribution in [2.45, 2.75) is 31.1 Å². The Morgan fingerprint density at radius 3 is 2.53 bits per heavy atom. The average molecular weight is 303 g/mol. The molecule has 1 fully saturated rings. The fraction of sp³-hybridized carbons (Fsp3) is 0.538. The third-order valence-electron chi connectivity index (χ3n) is 3.72. The maximum atomic E-state index is 12.5. The molecule has 0 unspecified atom stereocenters. The Kier molecular flexibility index (Phi) is 4.38. The highest BCUT2D eigenvalue weighted by Crippen LogP contribution is 2.30. The molecule has 1 aliphatic rings. The van der Waals surface area contributed by atoms with Gasteiger partial charge < -0.3 is 5.73 Å². The molecule has 1 aromatic carbocycles. The van der Waals surface area contributed by atoms with Gasteiger partial charge in [0, 0.05) is 18.8 Å². The van der Waals surface area contributed by atoms with Crippen LogP contribution >= 0.6 is 11.6 Å². The van der Waals surface area contributed by atoms with E-state index in [1.165, 1.54) is 16.4 Å². The fourth-order valence-electron chi connectivity index (χ4n) is 2.42. The van der Waals surface area contributed by atoms with Gasteiger partial charge in [0.05, 0.1) is 5.02 Å². The number of halogens is 1. The molecule has 0 bridgehead atoms. The molecule has 106 valence electrons. The van der Waals surface area contributed by atoms with Gasteiger partial charge in [-0.25, -0.2) is 8.42 Å². The van der Waals surface area contributed by atoms with Crippen molar-refractivity contribution in [2.75, 3.05) is 18.8 Å². The van der Waals surface area contributed by atoms with Gasteiger partial charge in [-0.2, -0.15) is 4.31 Å². The Labute approximate surface area is 119 Å². The Morgan fingerprint density at radius 1 is 1.37 bits per heavy atom. The van der Waals surface area contributed by atoms with Crippen LogP contribution in [0.3, 0.4) is 0 Å². The maximum absolute atomic E-state index is 12.5. The van der Waals surface area contributed by atoms with Crippen LogP contribution in [0.1, 0.15) is 26.2 Å². The number of nitrogens with zero attached hydrogens (tertiary/aromatic N) is 1. The zero-order valence-corrected chi connectivity index (χ0v) is 12.5. The largest absolute Gasteiger partial charge is 0.399 e. The smallest absolute Gasteiger partial charge is 0.244 e. The van der Waals surface area contributed by atoms with Crippen LogP contribution in [-0.4, -0.2) is 25.8 Å². The van der Waals surface area contributed by atoms with E-state index in [0.717, 1.165) is 19.3 Å². The molecule has 4 nitrogen and oxygen atoms in total. The van der Waals surface area contributed by atoms with Gasteiger partial charge in [0.15, 0.2) is 0 Å². The summed E-state index contributed by atoms with van der Waals surface area (Å²) in [6, 6.07) is 4.53. The summed E-state index contributed by atoms with van der Waals surface area (Å²) < 4.78 is 26.6. The van der Waals surface area contributed by atoms with Crippen LogP contribution in [0.25, 0.3) is 0 Å². The highest BCUT2D eigenvalue weighted by atomic mass is 35.5. The number of nitrogens with two attached hydrogens (primary N) is 1. The lowest BCUT2D eigenvalue weighted by atomic mass is 9.96. The standard InChI is InChI=1S/C13H19ClN2O2S/c1-2-10-5-7-16(8-6-10)19(17,18)13-4-3-11(15)9-12(13)14/h3-4,9-10H,2,5-8,15H2,1H3. The van der Waals surface area contributed by atoms with Crippen molar-refractivity contribution in [2.24, 2.45) is 5.92 Å². The molecule has 0 amide bonds. The lowest BCUT2D eigenvalue weighted by molar-refractivity contribution is 0.269. The molecule has 6 heteroatoms. The summed E-state index contributed by atoms with van der Waals surface area (Å²) in [4.78, 5) is 0.151. The van der Waals surface area contributed by atoms with Crippen LogP contribution < -0.4 is 5.73 Å². The van der Waals surface area contributed by atoms with Gasteiger partial charge in [-0.15, -0.1) is 0 Å². The first-order chi connectivity index (χ1) is 8.95. The predicted molar refractivity (Wildman–Crippen MR) is 77.6 cm³/mol. The Balaban J connectivity index is 2.23. The van der Waals surface area contributed by atoms with Crippen LogP contribution in [0.5, 0.6) is 0 Å². The van der Waals surface area contributed by atoms with Gasteiger partial charge in [-0.3, -0.25) is 0 Å². The van der Waals surface area contributed by atoms with Crippen molar-refractivity contribution in [1.82, 2.24) is 4.31 Å². The number of anilines is 1. The minimum atomic E-state index is -3.50. The number of hydrogen-bond acceptors (Lipinski definition) is 3. The van der Waals surface area contributed by atoms with Gasteiger partial charge in [0.1, 0.15) is 4.90 Å². The van der Waals surface area contributed by atoms with Crippen LogP contribution in [0.4, 0.5) is 5.69 Å². The number of sulfonamides is 1. The molecule has 0 aliphatic carbocycles. The van der Waals surface area contributed by atoms with Crippen molar-refractivity contribution in [3.8, 4) is 0 Å². The molecular weight excluding hydrogens is 284 g/mol. The molecule has 1 saturated heterocycles. The topological polar surface area (TPSA) is 63.4 Å². The molecule has 0 aromatic heterocycles.